The number of rotatable bonds is 3. The molecule has 0 N–H and O–H groups in total. The van der Waals surface area contributed by atoms with Crippen LogP contribution in [0.3, 0.4) is 0 Å². The first-order chi connectivity index (χ1) is 13.2. The van der Waals surface area contributed by atoms with Crippen LogP contribution >= 0.6 is 0 Å². The number of halogens is 1. The van der Waals surface area contributed by atoms with Gasteiger partial charge in [-0.15, -0.1) is 0 Å². The van der Waals surface area contributed by atoms with Crippen molar-refractivity contribution in [2.45, 2.75) is 31.3 Å². The lowest BCUT2D eigenvalue weighted by molar-refractivity contribution is 0.0538. The Morgan fingerprint density at radius 3 is 2.81 bits per heavy atom. The number of fused-ring (bicyclic) bond motifs is 2. The van der Waals surface area contributed by atoms with E-state index in [9.17, 15) is 9.18 Å². The van der Waals surface area contributed by atoms with E-state index in [1.807, 2.05) is 4.90 Å². The fourth-order valence-electron chi connectivity index (χ4n) is 4.31. The Balaban J connectivity index is 1.48. The number of aromatic nitrogens is 3. The average Bonchev–Trinajstić information content (AvgIpc) is 3.44. The summed E-state index contributed by atoms with van der Waals surface area (Å²) in [6.45, 7) is 0. The van der Waals surface area contributed by atoms with E-state index in [-0.39, 0.29) is 23.8 Å². The molecule has 1 aromatic carbocycles. The predicted molar refractivity (Wildman–Crippen MR) is 94.0 cm³/mol. The van der Waals surface area contributed by atoms with Crippen molar-refractivity contribution in [3.63, 3.8) is 0 Å². The van der Waals surface area contributed by atoms with Crippen molar-refractivity contribution in [3.05, 3.63) is 66.1 Å². The summed E-state index contributed by atoms with van der Waals surface area (Å²) in [4.78, 5) is 23.6. The summed E-state index contributed by atoms with van der Waals surface area (Å²) >= 11 is 0. The highest BCUT2D eigenvalue weighted by molar-refractivity contribution is 5.94. The quantitative estimate of drug-likeness (QED) is 0.709. The van der Waals surface area contributed by atoms with Crippen LogP contribution in [0.1, 0.15) is 41.6 Å². The highest BCUT2D eigenvalue weighted by atomic mass is 19.1. The number of carbonyl (C=O) groups is 1. The molecule has 2 aliphatic rings. The van der Waals surface area contributed by atoms with Crippen LogP contribution in [0.4, 0.5) is 4.39 Å². The lowest BCUT2D eigenvalue weighted by Gasteiger charge is -2.33. The standard InChI is InChI=1S/C20H17FN4O2/c21-15-6-3-12(4-7-15)18-23-19(27-24-18)17-13-5-8-16(10-13)25(17)20(26)14-2-1-9-22-11-14/h1-4,6-7,9,11,13,16-17H,5,8,10H2/t13-,16+,17-/m0/s1. The first kappa shape index (κ1) is 16.1. The molecule has 2 aromatic heterocycles. The number of nitrogens with zero attached hydrogens (tertiary/aromatic N) is 4. The van der Waals surface area contributed by atoms with Gasteiger partial charge < -0.3 is 9.42 Å². The molecule has 27 heavy (non-hydrogen) atoms. The Kier molecular flexibility index (Phi) is 3.74. The number of hydrogen-bond acceptors (Lipinski definition) is 5. The highest BCUT2D eigenvalue weighted by Gasteiger charge is 2.51. The van der Waals surface area contributed by atoms with Crippen molar-refractivity contribution in [2.75, 3.05) is 0 Å². The van der Waals surface area contributed by atoms with Gasteiger partial charge in [-0.05, 0) is 61.6 Å². The van der Waals surface area contributed by atoms with E-state index in [0.717, 1.165) is 19.3 Å². The molecule has 5 rings (SSSR count). The molecule has 0 unspecified atom stereocenters. The molecule has 6 nitrogen and oxygen atoms in total. The number of piperidine rings is 1. The molecule has 2 fully saturated rings. The Hall–Kier alpha value is -3.09. The third kappa shape index (κ3) is 2.70. The summed E-state index contributed by atoms with van der Waals surface area (Å²) in [5, 5.41) is 4.05. The largest absolute Gasteiger partial charge is 0.337 e. The smallest absolute Gasteiger partial charge is 0.256 e. The molecule has 0 radical (unpaired) electrons. The molecule has 1 aliphatic heterocycles. The van der Waals surface area contributed by atoms with Gasteiger partial charge in [0.1, 0.15) is 11.9 Å². The molecular weight excluding hydrogens is 347 g/mol. The second kappa shape index (κ2) is 6.26. The number of likely N-dealkylation sites (tertiary alicyclic amines) is 1. The van der Waals surface area contributed by atoms with Crippen molar-refractivity contribution in [1.82, 2.24) is 20.0 Å². The average molecular weight is 364 g/mol. The lowest BCUT2D eigenvalue weighted by Crippen LogP contribution is -2.40. The van der Waals surface area contributed by atoms with Gasteiger partial charge in [0.25, 0.3) is 5.91 Å². The second-order valence-electron chi connectivity index (χ2n) is 7.09. The van der Waals surface area contributed by atoms with Gasteiger partial charge in [-0.3, -0.25) is 9.78 Å². The van der Waals surface area contributed by atoms with Crippen LogP contribution in [-0.2, 0) is 0 Å². The third-order valence-electron chi connectivity index (χ3n) is 5.53. The molecule has 0 spiro atoms. The van der Waals surface area contributed by atoms with Crippen LogP contribution in [0.2, 0.25) is 0 Å². The van der Waals surface area contributed by atoms with Crippen LogP contribution in [-0.4, -0.2) is 32.0 Å². The minimum Gasteiger partial charge on any atom is -0.337 e. The molecule has 7 heteroatoms. The van der Waals surface area contributed by atoms with Gasteiger partial charge in [-0.1, -0.05) is 5.16 Å². The highest BCUT2D eigenvalue weighted by Crippen LogP contribution is 2.50. The van der Waals surface area contributed by atoms with Crippen LogP contribution in [0.15, 0.2) is 53.3 Å². The fourth-order valence-corrected chi connectivity index (χ4v) is 4.31. The number of benzene rings is 1. The Labute approximate surface area is 155 Å². The Morgan fingerprint density at radius 1 is 1.19 bits per heavy atom. The van der Waals surface area contributed by atoms with Crippen molar-refractivity contribution in [3.8, 4) is 11.4 Å². The van der Waals surface area contributed by atoms with E-state index in [4.69, 9.17) is 4.52 Å². The number of amides is 1. The molecule has 1 saturated carbocycles. The predicted octanol–water partition coefficient (Wildman–Crippen LogP) is 3.64. The molecule has 2 bridgehead atoms. The first-order valence-electron chi connectivity index (χ1n) is 9.03. The number of pyridine rings is 1. The molecule has 3 atom stereocenters. The summed E-state index contributed by atoms with van der Waals surface area (Å²) in [5.74, 6) is 0.795. The molecule has 1 aliphatic carbocycles. The van der Waals surface area contributed by atoms with Gasteiger partial charge in [0, 0.05) is 24.0 Å². The zero-order valence-electron chi connectivity index (χ0n) is 14.5. The van der Waals surface area contributed by atoms with E-state index in [1.165, 1.54) is 12.1 Å². The molecule has 136 valence electrons. The minimum atomic E-state index is -0.316. The summed E-state index contributed by atoms with van der Waals surface area (Å²) in [7, 11) is 0. The van der Waals surface area contributed by atoms with E-state index in [2.05, 4.69) is 15.1 Å². The zero-order valence-corrected chi connectivity index (χ0v) is 14.5. The third-order valence-corrected chi connectivity index (χ3v) is 5.53. The fraction of sp³-hybridized carbons (Fsp3) is 0.300. The van der Waals surface area contributed by atoms with E-state index in [1.54, 1.807) is 36.7 Å². The van der Waals surface area contributed by atoms with Gasteiger partial charge in [0.05, 0.1) is 5.56 Å². The monoisotopic (exact) mass is 364 g/mol. The number of hydrogen-bond donors (Lipinski definition) is 0. The van der Waals surface area contributed by atoms with Gasteiger partial charge in [-0.25, -0.2) is 4.39 Å². The van der Waals surface area contributed by atoms with E-state index < -0.39 is 0 Å². The summed E-state index contributed by atoms with van der Waals surface area (Å²) < 4.78 is 18.7. The second-order valence-corrected chi connectivity index (χ2v) is 7.09. The van der Waals surface area contributed by atoms with E-state index in [0.29, 0.717) is 28.8 Å². The first-order valence-corrected chi connectivity index (χ1v) is 9.03. The van der Waals surface area contributed by atoms with Gasteiger partial charge in [0.2, 0.25) is 11.7 Å². The van der Waals surface area contributed by atoms with Crippen LogP contribution < -0.4 is 0 Å². The maximum absolute atomic E-state index is 13.1. The summed E-state index contributed by atoms with van der Waals surface area (Å²) in [6, 6.07) is 9.45. The van der Waals surface area contributed by atoms with Crippen molar-refractivity contribution in [1.29, 1.82) is 0 Å². The maximum atomic E-state index is 13.1. The Bertz CT molecular complexity index is 973. The van der Waals surface area contributed by atoms with E-state index >= 15 is 0 Å². The lowest BCUT2D eigenvalue weighted by atomic mass is 9.98. The summed E-state index contributed by atoms with van der Waals surface area (Å²) in [5.41, 5.74) is 1.24. The number of carbonyl (C=O) groups excluding carboxylic acids is 1. The van der Waals surface area contributed by atoms with Gasteiger partial charge >= 0.3 is 0 Å². The van der Waals surface area contributed by atoms with Crippen LogP contribution in [0.25, 0.3) is 11.4 Å². The SMILES string of the molecule is O=C(c1cccnc1)N1[C@@H]2CC[C@@H](C2)[C@H]1c1nc(-c2ccc(F)cc2)no1. The van der Waals surface area contributed by atoms with Gasteiger partial charge in [-0.2, -0.15) is 4.98 Å². The van der Waals surface area contributed by atoms with Crippen LogP contribution in [0, 0.1) is 11.7 Å². The topological polar surface area (TPSA) is 72.1 Å². The molecule has 1 amide bonds. The summed E-state index contributed by atoms with van der Waals surface area (Å²) in [6.07, 6.45) is 6.22. The zero-order chi connectivity index (χ0) is 18.4. The maximum Gasteiger partial charge on any atom is 0.256 e. The Morgan fingerprint density at radius 2 is 2.04 bits per heavy atom. The van der Waals surface area contributed by atoms with Gasteiger partial charge in [0.15, 0.2) is 0 Å². The molecule has 1 saturated heterocycles. The van der Waals surface area contributed by atoms with Crippen molar-refractivity contribution in [2.24, 2.45) is 5.92 Å². The van der Waals surface area contributed by atoms with Crippen molar-refractivity contribution < 1.29 is 13.7 Å². The van der Waals surface area contributed by atoms with Crippen molar-refractivity contribution >= 4 is 5.91 Å². The molecular formula is C20H17FN4O2. The molecule has 3 aromatic rings. The van der Waals surface area contributed by atoms with Crippen LogP contribution in [0.5, 0.6) is 0 Å². The minimum absolute atomic E-state index is 0.0539. The molecule has 3 heterocycles. The normalized spacial score (nSPS) is 23.7.